The van der Waals surface area contributed by atoms with Crippen molar-refractivity contribution in [2.24, 2.45) is 0 Å². The van der Waals surface area contributed by atoms with Crippen LogP contribution in [0.15, 0.2) is 23.2 Å². The van der Waals surface area contributed by atoms with E-state index in [9.17, 15) is 8.42 Å². The van der Waals surface area contributed by atoms with Gasteiger partial charge in [0.05, 0.1) is 4.90 Å². The van der Waals surface area contributed by atoms with E-state index in [1.54, 1.807) is 24.9 Å². The highest BCUT2D eigenvalue weighted by molar-refractivity contribution is 8.00. The van der Waals surface area contributed by atoms with E-state index in [4.69, 9.17) is 0 Å². The molecule has 1 aliphatic rings. The molecule has 5 nitrogen and oxygen atoms in total. The minimum atomic E-state index is -3.47. The van der Waals surface area contributed by atoms with Gasteiger partial charge in [0.15, 0.2) is 0 Å². The molecule has 1 fully saturated rings. The van der Waals surface area contributed by atoms with Gasteiger partial charge in [-0.1, -0.05) is 12.8 Å². The lowest BCUT2D eigenvalue weighted by atomic mass is 10.1. The van der Waals surface area contributed by atoms with E-state index in [0.717, 1.165) is 12.8 Å². The van der Waals surface area contributed by atoms with Crippen molar-refractivity contribution in [2.45, 2.75) is 35.3 Å². The average molecular weight is 315 g/mol. The largest absolute Gasteiger partial charge is 0.373 e. The van der Waals surface area contributed by atoms with Crippen molar-refractivity contribution in [3.05, 3.63) is 18.3 Å². The van der Waals surface area contributed by atoms with Crippen LogP contribution >= 0.6 is 11.8 Å². The zero-order chi connectivity index (χ0) is 14.6. The van der Waals surface area contributed by atoms with Gasteiger partial charge in [-0.15, -0.1) is 0 Å². The number of hydrogen-bond acceptors (Lipinski definition) is 5. The monoisotopic (exact) mass is 315 g/mol. The molecule has 1 heterocycles. The Balaban J connectivity index is 2.10. The van der Waals surface area contributed by atoms with Gasteiger partial charge in [0.2, 0.25) is 10.0 Å². The number of hydrogen-bond donors (Lipinski definition) is 2. The first kappa shape index (κ1) is 15.6. The molecule has 112 valence electrons. The maximum atomic E-state index is 12.3. The van der Waals surface area contributed by atoms with Crippen LogP contribution in [-0.4, -0.2) is 38.0 Å². The van der Waals surface area contributed by atoms with Crippen molar-refractivity contribution in [1.29, 1.82) is 0 Å². The minimum absolute atomic E-state index is 0.0614. The van der Waals surface area contributed by atoms with Crippen LogP contribution in [0, 0.1) is 0 Å². The Hall–Kier alpha value is -0.790. The van der Waals surface area contributed by atoms with E-state index >= 15 is 0 Å². The number of aromatic nitrogens is 1. The van der Waals surface area contributed by atoms with Gasteiger partial charge in [-0.3, -0.25) is 0 Å². The van der Waals surface area contributed by atoms with E-state index in [0.29, 0.717) is 12.4 Å². The Morgan fingerprint density at radius 3 is 2.70 bits per heavy atom. The molecule has 1 aromatic rings. The summed E-state index contributed by atoms with van der Waals surface area (Å²) in [5, 5.41) is 2.85. The number of nitrogens with zero attached hydrogens (tertiary/aromatic N) is 1. The minimum Gasteiger partial charge on any atom is -0.373 e. The van der Waals surface area contributed by atoms with Crippen LogP contribution in [-0.2, 0) is 10.0 Å². The third-order valence-corrected chi connectivity index (χ3v) is 6.65. The summed E-state index contributed by atoms with van der Waals surface area (Å²) >= 11 is 1.77. The van der Waals surface area contributed by atoms with Crippen molar-refractivity contribution < 1.29 is 8.42 Å². The highest BCUT2D eigenvalue weighted by Crippen LogP contribution is 2.39. The molecular weight excluding hydrogens is 294 g/mol. The number of rotatable bonds is 6. The van der Waals surface area contributed by atoms with E-state index in [1.165, 1.54) is 25.1 Å². The van der Waals surface area contributed by atoms with Crippen molar-refractivity contribution in [3.8, 4) is 0 Å². The number of thioether (sulfide) groups is 1. The van der Waals surface area contributed by atoms with Gasteiger partial charge >= 0.3 is 0 Å². The summed E-state index contributed by atoms with van der Waals surface area (Å²) in [5.74, 6) is 0.549. The molecular formula is C13H21N3O2S2. The molecule has 0 atom stereocenters. The number of anilines is 1. The molecule has 7 heteroatoms. The van der Waals surface area contributed by atoms with E-state index in [1.807, 2.05) is 0 Å². The van der Waals surface area contributed by atoms with Crippen molar-refractivity contribution in [2.75, 3.05) is 25.2 Å². The van der Waals surface area contributed by atoms with Crippen LogP contribution in [0.5, 0.6) is 0 Å². The van der Waals surface area contributed by atoms with Gasteiger partial charge in [0.25, 0.3) is 0 Å². The molecule has 2 N–H and O–H groups in total. The molecule has 1 aliphatic carbocycles. The predicted octanol–water partition coefficient (Wildman–Crippen LogP) is 2.08. The van der Waals surface area contributed by atoms with E-state index in [2.05, 4.69) is 21.3 Å². The summed E-state index contributed by atoms with van der Waals surface area (Å²) in [4.78, 5) is 4.29. The van der Waals surface area contributed by atoms with Crippen LogP contribution in [0.3, 0.4) is 0 Å². The number of nitrogens with one attached hydrogen (secondary N) is 2. The molecule has 0 unspecified atom stereocenters. The third-order valence-electron chi connectivity index (χ3n) is 3.83. The summed E-state index contributed by atoms with van der Waals surface area (Å²) in [7, 11) is -1.76. The summed E-state index contributed by atoms with van der Waals surface area (Å²) in [5.41, 5.74) is 0. The highest BCUT2D eigenvalue weighted by atomic mass is 32.2. The van der Waals surface area contributed by atoms with Crippen LogP contribution in [0.4, 0.5) is 5.82 Å². The zero-order valence-corrected chi connectivity index (χ0v) is 13.5. The second-order valence-corrected chi connectivity index (χ2v) is 8.09. The lowest BCUT2D eigenvalue weighted by Gasteiger charge is -2.26. The maximum absolute atomic E-state index is 12.3. The van der Waals surface area contributed by atoms with Gasteiger partial charge in [-0.05, 0) is 25.2 Å². The molecule has 0 bridgehead atoms. The first-order chi connectivity index (χ1) is 9.51. The Morgan fingerprint density at radius 2 is 2.10 bits per heavy atom. The lowest BCUT2D eigenvalue weighted by Crippen LogP contribution is -2.38. The lowest BCUT2D eigenvalue weighted by molar-refractivity contribution is 0.551. The standard InChI is InChI=1S/C13H21N3O2S2/c1-14-12-9-11(5-8-15-12)20(17,18)16-10-13(19-2)6-3-4-7-13/h5,8-9,16H,3-4,6-7,10H2,1-2H3,(H,14,15). The Bertz CT molecular complexity index is 554. The summed E-state index contributed by atoms with van der Waals surface area (Å²) in [6.45, 7) is 0.494. The first-order valence-corrected chi connectivity index (χ1v) is 9.41. The SMILES string of the molecule is CNc1cc(S(=O)(=O)NCC2(SC)CCCC2)ccn1. The molecule has 20 heavy (non-hydrogen) atoms. The molecule has 1 saturated carbocycles. The fourth-order valence-electron chi connectivity index (χ4n) is 2.50. The van der Waals surface area contributed by atoms with Gasteiger partial charge in [-0.25, -0.2) is 18.1 Å². The van der Waals surface area contributed by atoms with Crippen LogP contribution in [0.1, 0.15) is 25.7 Å². The highest BCUT2D eigenvalue weighted by Gasteiger charge is 2.34. The van der Waals surface area contributed by atoms with Gasteiger partial charge in [0, 0.05) is 30.6 Å². The number of pyridine rings is 1. The van der Waals surface area contributed by atoms with Crippen molar-refractivity contribution in [1.82, 2.24) is 9.71 Å². The fourth-order valence-corrected chi connectivity index (χ4v) is 4.64. The Kier molecular flexibility index (Phi) is 4.93. The topological polar surface area (TPSA) is 71.1 Å². The van der Waals surface area contributed by atoms with Gasteiger partial charge in [0.1, 0.15) is 5.82 Å². The Morgan fingerprint density at radius 1 is 1.40 bits per heavy atom. The number of sulfonamides is 1. The summed E-state index contributed by atoms with van der Waals surface area (Å²) in [6, 6.07) is 3.06. The normalized spacial score (nSPS) is 18.1. The van der Waals surface area contributed by atoms with E-state index < -0.39 is 10.0 Å². The summed E-state index contributed by atoms with van der Waals surface area (Å²) < 4.78 is 27.5. The molecule has 2 rings (SSSR count). The molecule has 0 saturated heterocycles. The van der Waals surface area contributed by atoms with Crippen LogP contribution < -0.4 is 10.0 Å². The van der Waals surface area contributed by atoms with Crippen molar-refractivity contribution >= 4 is 27.6 Å². The van der Waals surface area contributed by atoms with Gasteiger partial charge in [-0.2, -0.15) is 11.8 Å². The van der Waals surface area contributed by atoms with Gasteiger partial charge < -0.3 is 5.32 Å². The quantitative estimate of drug-likeness (QED) is 0.841. The fraction of sp³-hybridized carbons (Fsp3) is 0.615. The second kappa shape index (κ2) is 6.32. The molecule has 0 spiro atoms. The maximum Gasteiger partial charge on any atom is 0.240 e. The van der Waals surface area contributed by atoms with Crippen molar-refractivity contribution in [3.63, 3.8) is 0 Å². The first-order valence-electron chi connectivity index (χ1n) is 6.70. The molecule has 0 amide bonds. The smallest absolute Gasteiger partial charge is 0.240 e. The van der Waals surface area contributed by atoms with Crippen LogP contribution in [0.25, 0.3) is 0 Å². The van der Waals surface area contributed by atoms with Crippen LogP contribution in [0.2, 0.25) is 0 Å². The average Bonchev–Trinajstić information content (AvgIpc) is 2.95. The molecule has 0 aliphatic heterocycles. The molecule has 0 radical (unpaired) electrons. The zero-order valence-electron chi connectivity index (χ0n) is 11.8. The second-order valence-electron chi connectivity index (χ2n) is 5.05. The summed E-state index contributed by atoms with van der Waals surface area (Å²) in [6.07, 6.45) is 8.08. The Labute approximate surface area is 125 Å². The van der Waals surface area contributed by atoms with E-state index in [-0.39, 0.29) is 9.64 Å². The third kappa shape index (κ3) is 3.45. The molecule has 0 aromatic carbocycles. The predicted molar refractivity (Wildman–Crippen MR) is 83.7 cm³/mol. The molecule has 1 aromatic heterocycles.